The van der Waals surface area contributed by atoms with Crippen molar-refractivity contribution in [3.8, 4) is 0 Å². The second kappa shape index (κ2) is 9.84. The summed E-state index contributed by atoms with van der Waals surface area (Å²) < 4.78 is 12.9. The molecule has 4 heteroatoms. The fourth-order valence-corrected chi connectivity index (χ4v) is 7.90. The summed E-state index contributed by atoms with van der Waals surface area (Å²) in [5, 5.41) is 0. The average Bonchev–Trinajstić information content (AvgIpc) is 2.94. The second-order valence-electron chi connectivity index (χ2n) is 13.1. The smallest absolute Gasteiger partial charge is 0.338 e. The maximum absolute atomic E-state index is 13.6. The average molecular weight is 515 g/mol. The summed E-state index contributed by atoms with van der Waals surface area (Å²) in [6.45, 7) is 6.69. The largest absolute Gasteiger partial charge is 0.454 e. The van der Waals surface area contributed by atoms with E-state index in [1.807, 2.05) is 24.3 Å². The normalized spacial score (nSPS) is 29.9. The standard InChI is InChI=1S/C34H42O4/c1-22(2)34-18-16-33(3,17-19-34)29(37-31(35)27-14-12-23-8-4-6-10-25(23)20-27)30(34)38-32(36)28-15-13-24-9-5-7-11-26(24)21-28/h12-15,20-22,29-30H,4-11,16-19H2,1-3H3/t29-,30+,33-,34+/m1/s1. The minimum absolute atomic E-state index is 0.178. The molecule has 0 radical (unpaired) electrons. The molecule has 0 saturated heterocycles. The van der Waals surface area contributed by atoms with E-state index >= 15 is 0 Å². The highest BCUT2D eigenvalue weighted by molar-refractivity contribution is 5.91. The van der Waals surface area contributed by atoms with Crippen molar-refractivity contribution in [2.45, 2.75) is 110 Å². The first kappa shape index (κ1) is 25.6. The summed E-state index contributed by atoms with van der Waals surface area (Å²) in [6, 6.07) is 12.1. The molecule has 5 aliphatic carbocycles. The van der Waals surface area contributed by atoms with Gasteiger partial charge in [0.05, 0.1) is 11.1 Å². The van der Waals surface area contributed by atoms with Crippen molar-refractivity contribution >= 4 is 11.9 Å². The highest BCUT2D eigenvalue weighted by Crippen LogP contribution is 2.61. The molecular weight excluding hydrogens is 472 g/mol. The van der Waals surface area contributed by atoms with Crippen LogP contribution in [0.15, 0.2) is 36.4 Å². The summed E-state index contributed by atoms with van der Waals surface area (Å²) >= 11 is 0. The minimum Gasteiger partial charge on any atom is -0.454 e. The fraction of sp³-hybridized carbons (Fsp3) is 0.588. The topological polar surface area (TPSA) is 52.6 Å². The first-order chi connectivity index (χ1) is 18.3. The highest BCUT2D eigenvalue weighted by atomic mass is 16.6. The van der Waals surface area contributed by atoms with Crippen LogP contribution in [0.5, 0.6) is 0 Å². The Hall–Kier alpha value is -2.62. The van der Waals surface area contributed by atoms with Crippen LogP contribution in [0.3, 0.4) is 0 Å². The maximum atomic E-state index is 13.6. The van der Waals surface area contributed by atoms with Crippen LogP contribution in [0.1, 0.15) is 115 Å². The van der Waals surface area contributed by atoms with Gasteiger partial charge in [0.15, 0.2) is 0 Å². The molecule has 3 fully saturated rings. The Bertz CT molecular complexity index is 1230. The van der Waals surface area contributed by atoms with Gasteiger partial charge in [-0.25, -0.2) is 9.59 Å². The number of fused-ring (bicyclic) bond motifs is 5. The molecular formula is C34H42O4. The predicted octanol–water partition coefficient (Wildman–Crippen LogP) is 7.43. The molecule has 5 aliphatic rings. The molecule has 0 aliphatic heterocycles. The van der Waals surface area contributed by atoms with Crippen LogP contribution < -0.4 is 0 Å². The molecule has 38 heavy (non-hydrogen) atoms. The van der Waals surface area contributed by atoms with E-state index in [2.05, 4.69) is 32.9 Å². The Morgan fingerprint density at radius 2 is 1.13 bits per heavy atom. The van der Waals surface area contributed by atoms with Crippen LogP contribution in [-0.4, -0.2) is 24.1 Å². The van der Waals surface area contributed by atoms with Gasteiger partial charge in [-0.05, 0) is 129 Å². The van der Waals surface area contributed by atoms with Crippen LogP contribution in [0.25, 0.3) is 0 Å². The van der Waals surface area contributed by atoms with E-state index in [1.54, 1.807) is 0 Å². The van der Waals surface area contributed by atoms with E-state index in [4.69, 9.17) is 9.47 Å². The van der Waals surface area contributed by atoms with E-state index in [-0.39, 0.29) is 22.8 Å². The van der Waals surface area contributed by atoms with Gasteiger partial charge in [-0.1, -0.05) is 32.9 Å². The molecule has 0 amide bonds. The lowest BCUT2D eigenvalue weighted by Gasteiger charge is -2.61. The first-order valence-corrected chi connectivity index (χ1v) is 14.9. The lowest BCUT2D eigenvalue weighted by molar-refractivity contribution is -0.210. The van der Waals surface area contributed by atoms with Crippen molar-refractivity contribution in [3.05, 3.63) is 69.8 Å². The Balaban J connectivity index is 1.29. The van der Waals surface area contributed by atoms with E-state index in [0.29, 0.717) is 17.0 Å². The third kappa shape index (κ3) is 4.38. The van der Waals surface area contributed by atoms with Gasteiger partial charge in [0.25, 0.3) is 0 Å². The molecule has 202 valence electrons. The summed E-state index contributed by atoms with van der Waals surface area (Å²) in [4.78, 5) is 27.2. The quantitative estimate of drug-likeness (QED) is 0.389. The lowest BCUT2D eigenvalue weighted by Crippen LogP contribution is -2.64. The van der Waals surface area contributed by atoms with Gasteiger partial charge in [0.1, 0.15) is 12.2 Å². The molecule has 0 spiro atoms. The van der Waals surface area contributed by atoms with Gasteiger partial charge >= 0.3 is 11.9 Å². The summed E-state index contributed by atoms with van der Waals surface area (Å²) in [5.74, 6) is -0.251. The molecule has 0 unspecified atom stereocenters. The van der Waals surface area contributed by atoms with Crippen molar-refractivity contribution in [1.29, 1.82) is 0 Å². The van der Waals surface area contributed by atoms with E-state index < -0.39 is 12.2 Å². The summed E-state index contributed by atoms with van der Waals surface area (Å²) in [6.07, 6.45) is 12.1. The van der Waals surface area contributed by atoms with Gasteiger partial charge in [-0.2, -0.15) is 0 Å². The molecule has 2 aromatic rings. The Kier molecular flexibility index (Phi) is 6.64. The number of carbonyl (C=O) groups excluding carboxylic acids is 2. The number of hydrogen-bond acceptors (Lipinski definition) is 4. The van der Waals surface area contributed by atoms with Gasteiger partial charge in [0.2, 0.25) is 0 Å². The van der Waals surface area contributed by atoms with Crippen LogP contribution in [-0.2, 0) is 35.2 Å². The number of benzene rings is 2. The number of hydrogen-bond donors (Lipinski definition) is 0. The molecule has 7 rings (SSSR count). The third-order valence-corrected chi connectivity index (χ3v) is 10.6. The number of esters is 2. The first-order valence-electron chi connectivity index (χ1n) is 14.9. The van der Waals surface area contributed by atoms with E-state index in [9.17, 15) is 9.59 Å². The molecule has 2 atom stereocenters. The van der Waals surface area contributed by atoms with Crippen LogP contribution in [0.2, 0.25) is 0 Å². The third-order valence-electron chi connectivity index (χ3n) is 10.6. The summed E-state index contributed by atoms with van der Waals surface area (Å²) in [5.41, 5.74) is 6.13. The summed E-state index contributed by atoms with van der Waals surface area (Å²) in [7, 11) is 0. The Labute approximate surface area is 227 Å². The number of carbonyl (C=O) groups is 2. The monoisotopic (exact) mass is 514 g/mol. The van der Waals surface area contributed by atoms with Crippen molar-refractivity contribution in [2.24, 2.45) is 16.7 Å². The van der Waals surface area contributed by atoms with E-state index in [0.717, 1.165) is 51.4 Å². The number of ether oxygens (including phenoxy) is 2. The zero-order valence-electron chi connectivity index (χ0n) is 23.3. The molecule has 3 saturated carbocycles. The van der Waals surface area contributed by atoms with Gasteiger partial charge < -0.3 is 9.47 Å². The Morgan fingerprint density at radius 3 is 1.61 bits per heavy atom. The van der Waals surface area contributed by atoms with Crippen molar-refractivity contribution in [1.82, 2.24) is 0 Å². The van der Waals surface area contributed by atoms with Gasteiger partial charge in [-0.3, -0.25) is 0 Å². The molecule has 0 aromatic heterocycles. The predicted molar refractivity (Wildman–Crippen MR) is 148 cm³/mol. The maximum Gasteiger partial charge on any atom is 0.338 e. The highest BCUT2D eigenvalue weighted by Gasteiger charge is 2.63. The van der Waals surface area contributed by atoms with Crippen LogP contribution >= 0.6 is 0 Å². The van der Waals surface area contributed by atoms with Crippen molar-refractivity contribution < 1.29 is 19.1 Å². The molecule has 0 N–H and O–H groups in total. The fourth-order valence-electron chi connectivity index (χ4n) is 7.90. The number of rotatable bonds is 5. The molecule has 2 bridgehead atoms. The van der Waals surface area contributed by atoms with Crippen LogP contribution in [0.4, 0.5) is 0 Å². The van der Waals surface area contributed by atoms with Gasteiger partial charge in [0, 0.05) is 10.8 Å². The Morgan fingerprint density at radius 1 is 0.684 bits per heavy atom. The molecule has 0 heterocycles. The second-order valence-corrected chi connectivity index (χ2v) is 13.1. The zero-order valence-corrected chi connectivity index (χ0v) is 23.3. The minimum atomic E-state index is -0.447. The van der Waals surface area contributed by atoms with E-state index in [1.165, 1.54) is 47.9 Å². The molecule has 2 aromatic carbocycles. The lowest BCUT2D eigenvalue weighted by atomic mass is 9.48. The van der Waals surface area contributed by atoms with Crippen molar-refractivity contribution in [3.63, 3.8) is 0 Å². The molecule has 4 nitrogen and oxygen atoms in total. The van der Waals surface area contributed by atoms with Crippen LogP contribution in [0, 0.1) is 16.7 Å². The SMILES string of the molecule is CC(C)[C@]12CC[C@](C)(CC1)[C@H](OC(=O)c1ccc3c(c1)CCCC3)[C@@H]2OC(=O)c1ccc2c(c1)CCCC2. The zero-order chi connectivity index (χ0) is 26.5. The number of aryl methyl sites for hydroxylation is 4. The van der Waals surface area contributed by atoms with Gasteiger partial charge in [-0.15, -0.1) is 0 Å². The van der Waals surface area contributed by atoms with Crippen molar-refractivity contribution in [2.75, 3.05) is 0 Å².